The summed E-state index contributed by atoms with van der Waals surface area (Å²) in [4.78, 5) is 25.2. The summed E-state index contributed by atoms with van der Waals surface area (Å²) in [5.74, 6) is 0.316. The standard InChI is InChI=1S/C16H32N2O3/c1-8-12(5)15(13(9-2)21-7)18(6)16(20)14(11(3)4)17-10-19/h10-15H,8-9H2,1-7H3,(H,17,19). The number of hydrogen-bond donors (Lipinski definition) is 1. The molecular weight excluding hydrogens is 268 g/mol. The molecule has 4 unspecified atom stereocenters. The van der Waals surface area contributed by atoms with E-state index in [0.717, 1.165) is 12.8 Å². The first-order valence-electron chi connectivity index (χ1n) is 7.84. The van der Waals surface area contributed by atoms with Gasteiger partial charge in [0, 0.05) is 14.2 Å². The van der Waals surface area contributed by atoms with Gasteiger partial charge in [-0.25, -0.2) is 0 Å². The summed E-state index contributed by atoms with van der Waals surface area (Å²) >= 11 is 0. The van der Waals surface area contributed by atoms with Gasteiger partial charge in [0.1, 0.15) is 6.04 Å². The summed E-state index contributed by atoms with van der Waals surface area (Å²) < 4.78 is 5.57. The van der Waals surface area contributed by atoms with Crippen LogP contribution in [0.1, 0.15) is 47.5 Å². The molecule has 0 aromatic rings. The number of ether oxygens (including phenoxy) is 1. The number of carbonyl (C=O) groups is 2. The van der Waals surface area contributed by atoms with Crippen LogP contribution in [0.15, 0.2) is 0 Å². The van der Waals surface area contributed by atoms with Crippen molar-refractivity contribution in [2.45, 2.75) is 65.6 Å². The molecule has 0 saturated heterocycles. The third-order valence-corrected chi connectivity index (χ3v) is 4.29. The SMILES string of the molecule is CCC(C)C(C(CC)OC)N(C)C(=O)C(NC=O)C(C)C. The molecule has 0 radical (unpaired) electrons. The molecule has 0 fully saturated rings. The van der Waals surface area contributed by atoms with E-state index in [9.17, 15) is 9.59 Å². The average Bonchev–Trinajstić information content (AvgIpc) is 2.47. The highest BCUT2D eigenvalue weighted by atomic mass is 16.5. The third-order valence-electron chi connectivity index (χ3n) is 4.29. The summed E-state index contributed by atoms with van der Waals surface area (Å²) in [5, 5.41) is 2.64. The van der Waals surface area contributed by atoms with Gasteiger partial charge in [0.25, 0.3) is 0 Å². The van der Waals surface area contributed by atoms with Gasteiger partial charge in [-0.1, -0.05) is 41.0 Å². The van der Waals surface area contributed by atoms with E-state index in [-0.39, 0.29) is 24.0 Å². The minimum atomic E-state index is -0.492. The van der Waals surface area contributed by atoms with Gasteiger partial charge in [-0.2, -0.15) is 0 Å². The van der Waals surface area contributed by atoms with Crippen molar-refractivity contribution >= 4 is 12.3 Å². The molecule has 4 atom stereocenters. The Labute approximate surface area is 129 Å². The van der Waals surface area contributed by atoms with Crippen LogP contribution in [-0.2, 0) is 14.3 Å². The highest BCUT2D eigenvalue weighted by Gasteiger charge is 2.35. The van der Waals surface area contributed by atoms with Crippen molar-refractivity contribution in [2.75, 3.05) is 14.2 Å². The molecule has 21 heavy (non-hydrogen) atoms. The maximum Gasteiger partial charge on any atom is 0.245 e. The van der Waals surface area contributed by atoms with Crippen LogP contribution >= 0.6 is 0 Å². The van der Waals surface area contributed by atoms with Gasteiger partial charge in [0.15, 0.2) is 0 Å². The monoisotopic (exact) mass is 300 g/mol. The predicted octanol–water partition coefficient (Wildman–Crippen LogP) is 2.06. The lowest BCUT2D eigenvalue weighted by atomic mass is 9.90. The first-order chi connectivity index (χ1) is 9.85. The smallest absolute Gasteiger partial charge is 0.245 e. The van der Waals surface area contributed by atoms with E-state index >= 15 is 0 Å². The highest BCUT2D eigenvalue weighted by molar-refractivity contribution is 5.84. The van der Waals surface area contributed by atoms with E-state index in [2.05, 4.69) is 26.1 Å². The minimum absolute atomic E-state index is 0.00190. The van der Waals surface area contributed by atoms with E-state index < -0.39 is 6.04 Å². The zero-order valence-corrected chi connectivity index (χ0v) is 14.6. The third kappa shape index (κ3) is 5.30. The zero-order chi connectivity index (χ0) is 16.6. The fourth-order valence-corrected chi connectivity index (χ4v) is 2.78. The number of nitrogens with zero attached hydrogens (tertiary/aromatic N) is 1. The zero-order valence-electron chi connectivity index (χ0n) is 14.6. The Kier molecular flexibility index (Phi) is 9.26. The Morgan fingerprint density at radius 1 is 1.24 bits per heavy atom. The molecule has 0 aromatic carbocycles. The highest BCUT2D eigenvalue weighted by Crippen LogP contribution is 2.22. The van der Waals surface area contributed by atoms with E-state index in [0.29, 0.717) is 12.3 Å². The summed E-state index contributed by atoms with van der Waals surface area (Å²) in [7, 11) is 3.49. The lowest BCUT2D eigenvalue weighted by Crippen LogP contribution is -2.55. The fourth-order valence-electron chi connectivity index (χ4n) is 2.78. The molecule has 2 amide bonds. The lowest BCUT2D eigenvalue weighted by molar-refractivity contribution is -0.141. The molecule has 0 rings (SSSR count). The van der Waals surface area contributed by atoms with Gasteiger partial charge < -0.3 is 15.0 Å². The van der Waals surface area contributed by atoms with Crippen molar-refractivity contribution in [2.24, 2.45) is 11.8 Å². The Morgan fingerprint density at radius 2 is 1.81 bits per heavy atom. The Hall–Kier alpha value is -1.10. The van der Waals surface area contributed by atoms with Crippen LogP contribution in [0.4, 0.5) is 0 Å². The first-order valence-corrected chi connectivity index (χ1v) is 7.84. The van der Waals surface area contributed by atoms with Crippen LogP contribution < -0.4 is 5.32 Å². The van der Waals surface area contributed by atoms with Gasteiger partial charge in [-0.05, 0) is 18.3 Å². The van der Waals surface area contributed by atoms with Crippen LogP contribution in [0.5, 0.6) is 0 Å². The van der Waals surface area contributed by atoms with Crippen molar-refractivity contribution in [3.63, 3.8) is 0 Å². The van der Waals surface area contributed by atoms with Crippen molar-refractivity contribution in [1.82, 2.24) is 10.2 Å². The second kappa shape index (κ2) is 9.77. The number of likely N-dealkylation sites (N-methyl/N-ethyl adjacent to an activating group) is 1. The summed E-state index contributed by atoms with van der Waals surface area (Å²) in [6.07, 6.45) is 2.41. The van der Waals surface area contributed by atoms with Crippen molar-refractivity contribution in [3.05, 3.63) is 0 Å². The quantitative estimate of drug-likeness (QED) is 0.628. The lowest BCUT2D eigenvalue weighted by Gasteiger charge is -2.39. The van der Waals surface area contributed by atoms with Crippen molar-refractivity contribution < 1.29 is 14.3 Å². The van der Waals surface area contributed by atoms with E-state index in [1.807, 2.05) is 20.9 Å². The molecule has 124 valence electrons. The molecule has 1 N–H and O–H groups in total. The second-order valence-corrected chi connectivity index (χ2v) is 6.01. The van der Waals surface area contributed by atoms with Crippen LogP contribution in [-0.4, -0.2) is 49.6 Å². The molecular formula is C16H32N2O3. The molecule has 5 heteroatoms. The number of nitrogens with one attached hydrogen (secondary N) is 1. The number of hydrogen-bond acceptors (Lipinski definition) is 3. The van der Waals surface area contributed by atoms with Gasteiger partial charge in [-0.15, -0.1) is 0 Å². The van der Waals surface area contributed by atoms with Gasteiger partial charge >= 0.3 is 0 Å². The Morgan fingerprint density at radius 3 is 2.14 bits per heavy atom. The second-order valence-electron chi connectivity index (χ2n) is 6.01. The maximum absolute atomic E-state index is 12.7. The van der Waals surface area contributed by atoms with Gasteiger partial charge in [0.2, 0.25) is 12.3 Å². The van der Waals surface area contributed by atoms with E-state index in [1.165, 1.54) is 0 Å². The van der Waals surface area contributed by atoms with E-state index in [1.54, 1.807) is 12.0 Å². The van der Waals surface area contributed by atoms with Gasteiger partial charge in [0.05, 0.1) is 12.1 Å². The molecule has 0 aliphatic heterocycles. The molecule has 0 aliphatic rings. The van der Waals surface area contributed by atoms with Crippen LogP contribution in [0.3, 0.4) is 0 Å². The Bertz CT molecular complexity index is 317. The summed E-state index contributed by atoms with van der Waals surface area (Å²) in [6, 6.07) is -0.486. The summed E-state index contributed by atoms with van der Waals surface area (Å²) in [6.45, 7) is 10.2. The summed E-state index contributed by atoms with van der Waals surface area (Å²) in [5.41, 5.74) is 0. The molecule has 0 bridgehead atoms. The number of methoxy groups -OCH3 is 1. The molecule has 0 saturated carbocycles. The average molecular weight is 300 g/mol. The van der Waals surface area contributed by atoms with Gasteiger partial charge in [-0.3, -0.25) is 9.59 Å². The fraction of sp³-hybridized carbons (Fsp3) is 0.875. The first kappa shape index (κ1) is 19.9. The number of rotatable bonds is 10. The normalized spacial score (nSPS) is 17.0. The molecule has 0 spiro atoms. The van der Waals surface area contributed by atoms with Crippen molar-refractivity contribution in [1.29, 1.82) is 0 Å². The molecule has 5 nitrogen and oxygen atoms in total. The number of carbonyl (C=O) groups excluding carboxylic acids is 2. The molecule has 0 aromatic heterocycles. The van der Waals surface area contributed by atoms with Crippen molar-refractivity contribution in [3.8, 4) is 0 Å². The Balaban J connectivity index is 5.29. The predicted molar refractivity (Wildman–Crippen MR) is 84.9 cm³/mol. The topological polar surface area (TPSA) is 58.6 Å². The minimum Gasteiger partial charge on any atom is -0.379 e. The number of amides is 2. The van der Waals surface area contributed by atoms with Crippen LogP contribution in [0, 0.1) is 11.8 Å². The van der Waals surface area contributed by atoms with Crippen LogP contribution in [0.2, 0.25) is 0 Å². The van der Waals surface area contributed by atoms with E-state index in [4.69, 9.17) is 4.74 Å². The largest absolute Gasteiger partial charge is 0.379 e. The van der Waals surface area contributed by atoms with Crippen LogP contribution in [0.25, 0.3) is 0 Å². The molecule has 0 heterocycles. The molecule has 0 aliphatic carbocycles. The maximum atomic E-state index is 12.7.